The van der Waals surface area contributed by atoms with E-state index in [4.69, 9.17) is 21.7 Å². The average Bonchev–Trinajstić information content (AvgIpc) is 1.62. The largest absolute Gasteiger partial charge is 0.480 e. The normalized spacial score (nSPS) is 22.9. The van der Waals surface area contributed by atoms with Crippen LogP contribution in [0, 0.1) is 0 Å². The maximum atomic E-state index is 10.3. The smallest absolute Gasteiger partial charge is 0.327 e. The molecule has 10 heavy (non-hydrogen) atoms. The summed E-state index contributed by atoms with van der Waals surface area (Å²) < 4.78 is 0. The van der Waals surface area contributed by atoms with Crippen molar-refractivity contribution in [3.8, 4) is 0 Å². The Kier molecular flexibility index (Phi) is 2.05. The Hall–Kier alpha value is -0.650. The van der Waals surface area contributed by atoms with Crippen molar-refractivity contribution in [3.63, 3.8) is 0 Å². The Balaban J connectivity index is 4.57. The first-order chi connectivity index (χ1) is 4.19. The first kappa shape index (κ1) is 9.35. The minimum absolute atomic E-state index is 1.14. The van der Waals surface area contributed by atoms with E-state index in [-0.39, 0.29) is 0 Å². The Morgan fingerprint density at radius 2 is 1.70 bits per heavy atom. The summed E-state index contributed by atoms with van der Waals surface area (Å²) in [5.41, 5.74) is 6.51. The molecule has 0 aliphatic heterocycles. The van der Waals surface area contributed by atoms with Crippen LogP contribution in [0.25, 0.3) is 0 Å². The van der Waals surface area contributed by atoms with Crippen LogP contribution in [0.1, 0.15) is 13.8 Å². The topological polar surface area (TPSA) is 110 Å². The van der Waals surface area contributed by atoms with Gasteiger partial charge in [0.15, 0.2) is 5.54 Å². The van der Waals surface area contributed by atoms with Crippen molar-refractivity contribution >= 4 is 5.97 Å². The van der Waals surface area contributed by atoms with Gasteiger partial charge in [-0.1, -0.05) is 0 Å². The number of aliphatic hydroxyl groups is 1. The third-order valence-corrected chi connectivity index (χ3v) is 1.50. The molecule has 6 N–H and O–H groups in total. The molecule has 2 atom stereocenters. The number of aliphatic carboxylic acids is 1. The molecule has 0 heterocycles. The van der Waals surface area contributed by atoms with Crippen LogP contribution in [-0.4, -0.2) is 27.4 Å². The molecule has 5 nitrogen and oxygen atoms in total. The SMILES string of the molecule is CC(N)(O)C(C)(N)C(=O)O. The number of nitrogens with two attached hydrogens (primary N) is 2. The van der Waals surface area contributed by atoms with Gasteiger partial charge in [0, 0.05) is 0 Å². The van der Waals surface area contributed by atoms with Crippen LogP contribution in [0.3, 0.4) is 0 Å². The van der Waals surface area contributed by atoms with E-state index in [1.165, 1.54) is 0 Å². The van der Waals surface area contributed by atoms with Crippen molar-refractivity contribution in [1.82, 2.24) is 0 Å². The van der Waals surface area contributed by atoms with E-state index in [1.54, 1.807) is 0 Å². The van der Waals surface area contributed by atoms with Gasteiger partial charge < -0.3 is 21.7 Å². The molecule has 0 aromatic heterocycles. The molecular formula is C5H12N2O3. The summed E-state index contributed by atoms with van der Waals surface area (Å²) in [5, 5.41) is 17.4. The van der Waals surface area contributed by atoms with Crippen LogP contribution >= 0.6 is 0 Å². The molecule has 0 spiro atoms. The van der Waals surface area contributed by atoms with E-state index >= 15 is 0 Å². The zero-order valence-corrected chi connectivity index (χ0v) is 5.96. The van der Waals surface area contributed by atoms with Gasteiger partial charge in [0.1, 0.15) is 5.72 Å². The summed E-state index contributed by atoms with van der Waals surface area (Å²) in [6.07, 6.45) is 0. The van der Waals surface area contributed by atoms with E-state index in [0.717, 1.165) is 13.8 Å². The lowest BCUT2D eigenvalue weighted by atomic mass is 9.92. The Bertz CT molecular complexity index is 147. The summed E-state index contributed by atoms with van der Waals surface area (Å²) in [6, 6.07) is 0. The van der Waals surface area contributed by atoms with Gasteiger partial charge in [0.25, 0.3) is 0 Å². The first-order valence-electron chi connectivity index (χ1n) is 2.73. The van der Waals surface area contributed by atoms with Crippen molar-refractivity contribution in [2.45, 2.75) is 25.1 Å². The predicted octanol–water partition coefficient (Wildman–Crippen LogP) is -1.54. The molecular weight excluding hydrogens is 136 g/mol. The summed E-state index contributed by atoms with van der Waals surface area (Å²) in [5.74, 6) is -1.33. The van der Waals surface area contributed by atoms with Crippen LogP contribution in [0.15, 0.2) is 0 Å². The molecule has 0 fully saturated rings. The van der Waals surface area contributed by atoms with E-state index < -0.39 is 17.2 Å². The molecule has 0 aliphatic rings. The third-order valence-electron chi connectivity index (χ3n) is 1.50. The Labute approximate surface area is 58.6 Å². The van der Waals surface area contributed by atoms with Crippen molar-refractivity contribution < 1.29 is 15.0 Å². The summed E-state index contributed by atoms with van der Waals surface area (Å²) in [7, 11) is 0. The number of carboxylic acid groups (broad SMARTS) is 1. The van der Waals surface area contributed by atoms with Gasteiger partial charge in [-0.2, -0.15) is 0 Å². The molecule has 0 aromatic rings. The minimum atomic E-state index is -1.90. The fourth-order valence-corrected chi connectivity index (χ4v) is 0.216. The van der Waals surface area contributed by atoms with E-state index in [0.29, 0.717) is 0 Å². The van der Waals surface area contributed by atoms with Crippen LogP contribution in [0.5, 0.6) is 0 Å². The van der Waals surface area contributed by atoms with E-state index in [9.17, 15) is 4.79 Å². The number of rotatable bonds is 2. The second-order valence-electron chi connectivity index (χ2n) is 2.66. The molecule has 0 saturated carbocycles. The Morgan fingerprint density at radius 1 is 1.40 bits per heavy atom. The Morgan fingerprint density at radius 3 is 1.70 bits per heavy atom. The lowest BCUT2D eigenvalue weighted by Crippen LogP contribution is -2.66. The highest BCUT2D eigenvalue weighted by atomic mass is 16.4. The monoisotopic (exact) mass is 148 g/mol. The minimum Gasteiger partial charge on any atom is -0.480 e. The van der Waals surface area contributed by atoms with Gasteiger partial charge >= 0.3 is 5.97 Å². The van der Waals surface area contributed by atoms with Crippen molar-refractivity contribution in [1.29, 1.82) is 0 Å². The van der Waals surface area contributed by atoms with Gasteiger partial charge in [-0.15, -0.1) is 0 Å². The van der Waals surface area contributed by atoms with Crippen LogP contribution in [0.2, 0.25) is 0 Å². The maximum Gasteiger partial charge on any atom is 0.327 e. The second-order valence-corrected chi connectivity index (χ2v) is 2.66. The molecule has 2 unspecified atom stereocenters. The standard InChI is InChI=1S/C5H12N2O3/c1-4(6,3(8)9)5(2,7)10/h10H,6-7H2,1-2H3,(H,8,9). The van der Waals surface area contributed by atoms with Crippen molar-refractivity contribution in [2.24, 2.45) is 11.5 Å². The van der Waals surface area contributed by atoms with Gasteiger partial charge in [-0.3, -0.25) is 4.79 Å². The molecule has 0 saturated heterocycles. The zero-order valence-electron chi connectivity index (χ0n) is 5.96. The molecule has 5 heteroatoms. The maximum absolute atomic E-state index is 10.3. The van der Waals surface area contributed by atoms with E-state index in [2.05, 4.69) is 0 Å². The fourth-order valence-electron chi connectivity index (χ4n) is 0.216. The first-order valence-corrected chi connectivity index (χ1v) is 2.73. The summed E-state index contributed by atoms with van der Waals surface area (Å²) in [4.78, 5) is 10.3. The van der Waals surface area contributed by atoms with Crippen LogP contribution < -0.4 is 11.5 Å². The molecule has 0 radical (unpaired) electrons. The van der Waals surface area contributed by atoms with Gasteiger partial charge in [0.2, 0.25) is 0 Å². The summed E-state index contributed by atoms with van der Waals surface area (Å²) >= 11 is 0. The van der Waals surface area contributed by atoms with Crippen LogP contribution in [0.4, 0.5) is 0 Å². The number of carbonyl (C=O) groups is 1. The predicted molar refractivity (Wildman–Crippen MR) is 35.0 cm³/mol. The van der Waals surface area contributed by atoms with Gasteiger partial charge in [0.05, 0.1) is 0 Å². The highest BCUT2D eigenvalue weighted by Gasteiger charge is 2.43. The molecule has 0 rings (SSSR count). The molecule has 60 valence electrons. The third kappa shape index (κ3) is 1.44. The molecule has 0 aromatic carbocycles. The quantitative estimate of drug-likeness (QED) is 0.355. The van der Waals surface area contributed by atoms with Gasteiger partial charge in [-0.05, 0) is 13.8 Å². The van der Waals surface area contributed by atoms with E-state index in [1.807, 2.05) is 0 Å². The number of carboxylic acids is 1. The number of hydrogen-bond donors (Lipinski definition) is 4. The molecule has 0 aliphatic carbocycles. The lowest BCUT2D eigenvalue weighted by Gasteiger charge is -2.31. The van der Waals surface area contributed by atoms with Crippen LogP contribution in [-0.2, 0) is 4.79 Å². The highest BCUT2D eigenvalue weighted by molar-refractivity contribution is 5.79. The molecule has 0 bridgehead atoms. The highest BCUT2D eigenvalue weighted by Crippen LogP contribution is 2.12. The average molecular weight is 148 g/mol. The fraction of sp³-hybridized carbons (Fsp3) is 0.800. The van der Waals surface area contributed by atoms with Crippen molar-refractivity contribution in [3.05, 3.63) is 0 Å². The lowest BCUT2D eigenvalue weighted by molar-refractivity contribution is -0.152. The second kappa shape index (κ2) is 2.19. The summed E-state index contributed by atoms with van der Waals surface area (Å²) in [6.45, 7) is 2.29. The zero-order chi connectivity index (χ0) is 8.58. The molecule has 0 amide bonds. The van der Waals surface area contributed by atoms with Gasteiger partial charge in [-0.25, -0.2) is 0 Å². The van der Waals surface area contributed by atoms with Crippen molar-refractivity contribution in [2.75, 3.05) is 0 Å². The number of hydrogen-bond acceptors (Lipinski definition) is 4.